The number of aliphatic hydroxyl groups is 1. The van der Waals surface area contributed by atoms with E-state index in [1.165, 1.54) is 6.07 Å². The second kappa shape index (κ2) is 8.49. The first-order valence-electron chi connectivity index (χ1n) is 9.21. The van der Waals surface area contributed by atoms with Crippen LogP contribution in [0.4, 0.5) is 5.95 Å². The Morgan fingerprint density at radius 3 is 2.48 bits per heavy atom. The van der Waals surface area contributed by atoms with E-state index in [0.29, 0.717) is 18.2 Å². The van der Waals surface area contributed by atoms with E-state index >= 15 is 0 Å². The fourth-order valence-electron chi connectivity index (χ4n) is 3.00. The summed E-state index contributed by atoms with van der Waals surface area (Å²) < 4.78 is 1.62. The largest absolute Gasteiger partial charge is 0.385 e. The minimum atomic E-state index is -0.890. The number of pyridine rings is 1. The Labute approximate surface area is 166 Å². The van der Waals surface area contributed by atoms with Crippen molar-refractivity contribution < 1.29 is 5.11 Å². The van der Waals surface area contributed by atoms with E-state index in [0.717, 1.165) is 16.7 Å². The van der Waals surface area contributed by atoms with Crippen LogP contribution in [0.1, 0.15) is 17.4 Å². The van der Waals surface area contributed by atoms with Gasteiger partial charge in [0.05, 0.1) is 6.54 Å². The van der Waals surface area contributed by atoms with Crippen LogP contribution in [0, 0.1) is 0 Å². The minimum Gasteiger partial charge on any atom is -0.385 e. The molecule has 0 spiro atoms. The SMILES string of the molecule is O=c1cccc(C(O)CNc2nnnn2Cc2ccc(-c3ccccc3)cc2)[nH]1. The van der Waals surface area contributed by atoms with Gasteiger partial charge in [0.15, 0.2) is 0 Å². The van der Waals surface area contributed by atoms with Gasteiger partial charge in [0, 0.05) is 18.3 Å². The van der Waals surface area contributed by atoms with Crippen molar-refractivity contribution >= 4 is 5.95 Å². The van der Waals surface area contributed by atoms with E-state index in [1.54, 1.807) is 16.8 Å². The predicted molar refractivity (Wildman–Crippen MR) is 109 cm³/mol. The second-order valence-electron chi connectivity index (χ2n) is 6.59. The van der Waals surface area contributed by atoms with Crippen molar-refractivity contribution in [1.82, 2.24) is 25.2 Å². The molecule has 4 rings (SSSR count). The first kappa shape index (κ1) is 18.6. The van der Waals surface area contributed by atoms with E-state index in [-0.39, 0.29) is 12.1 Å². The molecule has 146 valence electrons. The van der Waals surface area contributed by atoms with Gasteiger partial charge in [-0.1, -0.05) is 65.8 Å². The van der Waals surface area contributed by atoms with Crippen LogP contribution in [-0.2, 0) is 6.54 Å². The van der Waals surface area contributed by atoms with E-state index in [1.807, 2.05) is 30.3 Å². The average Bonchev–Trinajstić information content (AvgIpc) is 3.20. The third kappa shape index (κ3) is 4.56. The maximum atomic E-state index is 11.4. The van der Waals surface area contributed by atoms with Crippen LogP contribution in [0.15, 0.2) is 77.6 Å². The van der Waals surface area contributed by atoms with E-state index in [9.17, 15) is 9.90 Å². The zero-order chi connectivity index (χ0) is 20.1. The van der Waals surface area contributed by atoms with Crippen molar-refractivity contribution in [3.8, 4) is 11.1 Å². The summed E-state index contributed by atoms with van der Waals surface area (Å²) in [6.45, 7) is 0.649. The molecule has 0 saturated heterocycles. The van der Waals surface area contributed by atoms with Crippen LogP contribution in [-0.4, -0.2) is 36.8 Å². The molecule has 0 amide bonds. The van der Waals surface area contributed by atoms with Gasteiger partial charge in [0.25, 0.3) is 0 Å². The number of H-pyrrole nitrogens is 1. The molecule has 8 nitrogen and oxygen atoms in total. The maximum Gasteiger partial charge on any atom is 0.248 e. The van der Waals surface area contributed by atoms with Crippen LogP contribution >= 0.6 is 0 Å². The van der Waals surface area contributed by atoms with Crippen LogP contribution in [0.5, 0.6) is 0 Å². The number of aliphatic hydroxyl groups excluding tert-OH is 1. The molecule has 0 fully saturated rings. The van der Waals surface area contributed by atoms with Crippen molar-refractivity contribution in [2.75, 3.05) is 11.9 Å². The normalized spacial score (nSPS) is 11.9. The van der Waals surface area contributed by atoms with Gasteiger partial charge >= 0.3 is 0 Å². The molecule has 2 aromatic carbocycles. The standard InChI is InChI=1S/C21H20N6O2/c28-19(18-7-4-8-20(29)23-18)13-22-21-24-25-26-27(21)14-15-9-11-17(12-10-15)16-5-2-1-3-6-16/h1-12,19,28H,13-14H2,(H,23,29)(H,22,24,26). The molecule has 0 bridgehead atoms. The Morgan fingerprint density at radius 2 is 1.72 bits per heavy atom. The summed E-state index contributed by atoms with van der Waals surface area (Å²) in [4.78, 5) is 14.0. The fraction of sp³-hybridized carbons (Fsp3) is 0.143. The van der Waals surface area contributed by atoms with E-state index in [4.69, 9.17) is 0 Å². The predicted octanol–water partition coefficient (Wildman–Crippen LogP) is 2.22. The molecule has 1 atom stereocenters. The quantitative estimate of drug-likeness (QED) is 0.448. The maximum absolute atomic E-state index is 11.4. The molecule has 4 aromatic rings. The molecule has 0 aliphatic rings. The van der Waals surface area contributed by atoms with Crippen LogP contribution < -0.4 is 10.9 Å². The lowest BCUT2D eigenvalue weighted by atomic mass is 10.0. The smallest absolute Gasteiger partial charge is 0.248 e. The van der Waals surface area contributed by atoms with Gasteiger partial charge in [0.2, 0.25) is 11.5 Å². The Morgan fingerprint density at radius 1 is 0.966 bits per heavy atom. The summed E-state index contributed by atoms with van der Waals surface area (Å²) in [7, 11) is 0. The lowest BCUT2D eigenvalue weighted by Gasteiger charge is -2.12. The lowest BCUT2D eigenvalue weighted by Crippen LogP contribution is -2.19. The number of benzene rings is 2. The van der Waals surface area contributed by atoms with Crippen molar-refractivity contribution in [3.63, 3.8) is 0 Å². The van der Waals surface area contributed by atoms with E-state index in [2.05, 4.69) is 50.1 Å². The van der Waals surface area contributed by atoms with Crippen molar-refractivity contribution in [2.24, 2.45) is 0 Å². The molecule has 0 aliphatic carbocycles. The van der Waals surface area contributed by atoms with Gasteiger partial charge < -0.3 is 15.4 Å². The van der Waals surface area contributed by atoms with E-state index < -0.39 is 6.10 Å². The first-order valence-corrected chi connectivity index (χ1v) is 9.21. The summed E-state index contributed by atoms with van der Waals surface area (Å²) in [5, 5.41) is 25.0. The third-order valence-electron chi connectivity index (χ3n) is 4.53. The van der Waals surface area contributed by atoms with Crippen LogP contribution in [0.2, 0.25) is 0 Å². The number of anilines is 1. The lowest BCUT2D eigenvalue weighted by molar-refractivity contribution is 0.186. The highest BCUT2D eigenvalue weighted by atomic mass is 16.3. The monoisotopic (exact) mass is 388 g/mol. The summed E-state index contributed by atoms with van der Waals surface area (Å²) in [5.41, 5.74) is 3.53. The highest BCUT2D eigenvalue weighted by Gasteiger charge is 2.12. The highest BCUT2D eigenvalue weighted by molar-refractivity contribution is 5.63. The molecule has 0 radical (unpaired) electrons. The fourth-order valence-corrected chi connectivity index (χ4v) is 3.00. The molecule has 8 heteroatoms. The highest BCUT2D eigenvalue weighted by Crippen LogP contribution is 2.20. The molecule has 2 aromatic heterocycles. The Kier molecular flexibility index (Phi) is 5.44. The molecule has 1 unspecified atom stereocenters. The Bertz CT molecular complexity index is 1120. The number of aromatic nitrogens is 5. The molecule has 29 heavy (non-hydrogen) atoms. The summed E-state index contributed by atoms with van der Waals surface area (Å²) in [6.07, 6.45) is -0.890. The zero-order valence-corrected chi connectivity index (χ0v) is 15.6. The summed E-state index contributed by atoms with van der Waals surface area (Å²) in [6, 6.07) is 23.0. The van der Waals surface area contributed by atoms with Gasteiger partial charge in [0.1, 0.15) is 6.10 Å². The number of rotatable bonds is 7. The van der Waals surface area contributed by atoms with Crippen molar-refractivity contribution in [1.29, 1.82) is 0 Å². The Hall–Kier alpha value is -3.78. The number of nitrogens with zero attached hydrogens (tertiary/aromatic N) is 4. The molecule has 0 saturated carbocycles. The first-order chi connectivity index (χ1) is 14.2. The third-order valence-corrected chi connectivity index (χ3v) is 4.53. The number of hydrogen-bond donors (Lipinski definition) is 3. The minimum absolute atomic E-state index is 0.160. The zero-order valence-electron chi connectivity index (χ0n) is 15.6. The van der Waals surface area contributed by atoms with Crippen LogP contribution in [0.3, 0.4) is 0 Å². The van der Waals surface area contributed by atoms with Crippen LogP contribution in [0.25, 0.3) is 11.1 Å². The molecule has 2 heterocycles. The number of aromatic amines is 1. The summed E-state index contributed by atoms with van der Waals surface area (Å²) in [5.74, 6) is 0.439. The topological polar surface area (TPSA) is 109 Å². The molecule has 3 N–H and O–H groups in total. The number of hydrogen-bond acceptors (Lipinski definition) is 6. The second-order valence-corrected chi connectivity index (χ2v) is 6.59. The average molecular weight is 388 g/mol. The molecular formula is C21H20N6O2. The van der Waals surface area contributed by atoms with Gasteiger partial charge in [-0.2, -0.15) is 0 Å². The molecular weight excluding hydrogens is 368 g/mol. The van der Waals surface area contributed by atoms with Crippen molar-refractivity contribution in [3.05, 3.63) is 94.4 Å². The number of tetrazole rings is 1. The van der Waals surface area contributed by atoms with Gasteiger partial charge in [-0.25, -0.2) is 4.68 Å². The van der Waals surface area contributed by atoms with Gasteiger partial charge in [-0.3, -0.25) is 4.79 Å². The number of nitrogens with one attached hydrogen (secondary N) is 2. The van der Waals surface area contributed by atoms with Gasteiger partial charge in [-0.05, 0) is 33.2 Å². The Balaban J connectivity index is 1.41. The molecule has 0 aliphatic heterocycles. The van der Waals surface area contributed by atoms with Crippen molar-refractivity contribution in [2.45, 2.75) is 12.6 Å². The van der Waals surface area contributed by atoms with Gasteiger partial charge in [-0.15, -0.1) is 0 Å². The summed E-state index contributed by atoms with van der Waals surface area (Å²) >= 11 is 0.